The summed E-state index contributed by atoms with van der Waals surface area (Å²) in [6.45, 7) is 2.86. The lowest BCUT2D eigenvalue weighted by Crippen LogP contribution is -2.40. The number of para-hydroxylation sites is 1. The number of aromatic nitrogens is 1. The second-order valence-corrected chi connectivity index (χ2v) is 6.07. The number of carbonyl (C=O) groups excluding carboxylic acids is 2. The summed E-state index contributed by atoms with van der Waals surface area (Å²) in [6.07, 6.45) is 5.11. The molecule has 1 atom stereocenters. The minimum absolute atomic E-state index is 0.0174. The maximum atomic E-state index is 12.7. The van der Waals surface area contributed by atoms with Crippen molar-refractivity contribution in [3.8, 4) is 0 Å². The third-order valence-corrected chi connectivity index (χ3v) is 4.40. The Labute approximate surface area is 141 Å². The topological polar surface area (TPSA) is 62.3 Å². The molecular formula is C19H21N3O2. The molecule has 0 saturated carbocycles. The lowest BCUT2D eigenvalue weighted by molar-refractivity contribution is -0.117. The van der Waals surface area contributed by atoms with Gasteiger partial charge in [0.15, 0.2) is 0 Å². The molecule has 0 saturated heterocycles. The van der Waals surface area contributed by atoms with Crippen LogP contribution in [0.5, 0.6) is 0 Å². The molecule has 0 radical (unpaired) electrons. The Hall–Kier alpha value is -2.69. The Balaban J connectivity index is 1.71. The van der Waals surface area contributed by atoms with Gasteiger partial charge in [-0.3, -0.25) is 14.6 Å². The molecule has 24 heavy (non-hydrogen) atoms. The Kier molecular flexibility index (Phi) is 4.89. The minimum atomic E-state index is -0.284. The number of nitrogens with zero attached hydrogens (tertiary/aromatic N) is 2. The first-order chi connectivity index (χ1) is 11.7. The molecular weight excluding hydrogens is 302 g/mol. The summed E-state index contributed by atoms with van der Waals surface area (Å²) in [4.78, 5) is 30.4. The van der Waals surface area contributed by atoms with E-state index in [1.165, 1.54) is 11.8 Å². The van der Waals surface area contributed by atoms with Gasteiger partial charge in [-0.05, 0) is 42.5 Å². The first-order valence-electron chi connectivity index (χ1n) is 8.24. The number of carbonyl (C=O) groups is 2. The van der Waals surface area contributed by atoms with Crippen LogP contribution in [0.15, 0.2) is 48.8 Å². The van der Waals surface area contributed by atoms with Gasteiger partial charge >= 0.3 is 0 Å². The molecule has 2 aromatic rings. The van der Waals surface area contributed by atoms with Crippen LogP contribution < -0.4 is 10.2 Å². The average Bonchev–Trinajstić information content (AvgIpc) is 2.79. The second kappa shape index (κ2) is 7.25. The van der Waals surface area contributed by atoms with Gasteiger partial charge in [0.25, 0.3) is 5.91 Å². The quantitative estimate of drug-likeness (QED) is 0.945. The predicted octanol–water partition coefficient (Wildman–Crippen LogP) is 2.74. The zero-order valence-corrected chi connectivity index (χ0v) is 13.7. The van der Waals surface area contributed by atoms with E-state index < -0.39 is 0 Å². The first kappa shape index (κ1) is 16.2. The van der Waals surface area contributed by atoms with Crippen molar-refractivity contribution in [2.24, 2.45) is 0 Å². The number of anilines is 1. The van der Waals surface area contributed by atoms with E-state index in [1.807, 2.05) is 18.2 Å². The molecule has 5 nitrogen and oxygen atoms in total. The van der Waals surface area contributed by atoms with Crippen molar-refractivity contribution in [2.45, 2.75) is 25.7 Å². The van der Waals surface area contributed by atoms with Crippen LogP contribution in [0, 0.1) is 0 Å². The van der Waals surface area contributed by atoms with E-state index in [1.54, 1.807) is 23.2 Å². The standard InChI is InChI=1S/C19H21N3O2/c1-14-6-5-11-22(17-9-3-2-8-16(14)17)18(23)13-21-19(24)15-7-4-10-20-12-15/h2-4,7-10,12,14H,5-6,11,13H2,1H3,(H,21,24). The van der Waals surface area contributed by atoms with Gasteiger partial charge in [0.1, 0.15) is 0 Å². The second-order valence-electron chi connectivity index (χ2n) is 6.07. The first-order valence-corrected chi connectivity index (χ1v) is 8.24. The maximum Gasteiger partial charge on any atom is 0.253 e. The van der Waals surface area contributed by atoms with Gasteiger partial charge in [0.2, 0.25) is 5.91 Å². The van der Waals surface area contributed by atoms with Crippen LogP contribution in [0.25, 0.3) is 0 Å². The Bertz CT molecular complexity index is 730. The van der Waals surface area contributed by atoms with Gasteiger partial charge in [0, 0.05) is 24.6 Å². The summed E-state index contributed by atoms with van der Waals surface area (Å²) in [5.41, 5.74) is 2.61. The van der Waals surface area contributed by atoms with Crippen molar-refractivity contribution in [3.63, 3.8) is 0 Å². The number of amides is 2. The van der Waals surface area contributed by atoms with Crippen LogP contribution in [0.3, 0.4) is 0 Å². The van der Waals surface area contributed by atoms with Crippen LogP contribution in [-0.2, 0) is 4.79 Å². The third kappa shape index (κ3) is 3.45. The van der Waals surface area contributed by atoms with E-state index in [0.717, 1.165) is 18.5 Å². The summed E-state index contributed by atoms with van der Waals surface area (Å²) >= 11 is 0. The van der Waals surface area contributed by atoms with Crippen molar-refractivity contribution in [1.29, 1.82) is 0 Å². The molecule has 0 bridgehead atoms. The lowest BCUT2D eigenvalue weighted by Gasteiger charge is -2.23. The molecule has 2 heterocycles. The van der Waals surface area contributed by atoms with Gasteiger partial charge in [-0.25, -0.2) is 0 Å². The summed E-state index contributed by atoms with van der Waals surface area (Å²) < 4.78 is 0. The van der Waals surface area contributed by atoms with Crippen molar-refractivity contribution in [2.75, 3.05) is 18.0 Å². The van der Waals surface area contributed by atoms with E-state index in [4.69, 9.17) is 0 Å². The molecule has 0 spiro atoms. The van der Waals surface area contributed by atoms with Crippen LogP contribution in [0.4, 0.5) is 5.69 Å². The van der Waals surface area contributed by atoms with Crippen LogP contribution in [-0.4, -0.2) is 29.9 Å². The van der Waals surface area contributed by atoms with E-state index in [2.05, 4.69) is 23.3 Å². The Morgan fingerprint density at radius 3 is 2.88 bits per heavy atom. The lowest BCUT2D eigenvalue weighted by atomic mass is 9.96. The maximum absolute atomic E-state index is 12.7. The molecule has 1 aromatic heterocycles. The van der Waals surface area contributed by atoms with Gasteiger partial charge < -0.3 is 10.2 Å². The van der Waals surface area contributed by atoms with Crippen molar-refractivity contribution in [3.05, 3.63) is 59.9 Å². The highest BCUT2D eigenvalue weighted by molar-refractivity contribution is 6.00. The number of benzene rings is 1. The molecule has 1 unspecified atom stereocenters. The normalized spacial score (nSPS) is 16.9. The fourth-order valence-corrected chi connectivity index (χ4v) is 3.09. The SMILES string of the molecule is CC1CCCN(C(=O)CNC(=O)c2cccnc2)c2ccccc21. The highest BCUT2D eigenvalue weighted by Gasteiger charge is 2.24. The molecule has 124 valence electrons. The van der Waals surface area contributed by atoms with Gasteiger partial charge in [-0.2, -0.15) is 0 Å². The van der Waals surface area contributed by atoms with E-state index in [-0.39, 0.29) is 18.4 Å². The third-order valence-electron chi connectivity index (χ3n) is 4.40. The van der Waals surface area contributed by atoms with Gasteiger partial charge in [-0.15, -0.1) is 0 Å². The molecule has 3 rings (SSSR count). The molecule has 0 aliphatic carbocycles. The van der Waals surface area contributed by atoms with Crippen molar-refractivity contribution < 1.29 is 9.59 Å². The molecule has 1 aliphatic heterocycles. The molecule has 0 fully saturated rings. The summed E-state index contributed by atoms with van der Waals surface area (Å²) in [5.74, 6) is 0.0608. The highest BCUT2D eigenvalue weighted by atomic mass is 16.2. The highest BCUT2D eigenvalue weighted by Crippen LogP contribution is 2.33. The number of rotatable bonds is 3. The van der Waals surface area contributed by atoms with E-state index in [0.29, 0.717) is 18.0 Å². The van der Waals surface area contributed by atoms with Crippen molar-refractivity contribution >= 4 is 17.5 Å². The zero-order chi connectivity index (χ0) is 16.9. The molecule has 1 N–H and O–H groups in total. The van der Waals surface area contributed by atoms with Crippen LogP contribution in [0.2, 0.25) is 0 Å². The summed E-state index contributed by atoms with van der Waals surface area (Å²) in [7, 11) is 0. The predicted molar refractivity (Wildman–Crippen MR) is 93.0 cm³/mol. The fourth-order valence-electron chi connectivity index (χ4n) is 3.09. The van der Waals surface area contributed by atoms with E-state index in [9.17, 15) is 9.59 Å². The number of nitrogens with one attached hydrogen (secondary N) is 1. The largest absolute Gasteiger partial charge is 0.343 e. The van der Waals surface area contributed by atoms with Crippen LogP contribution >= 0.6 is 0 Å². The Morgan fingerprint density at radius 2 is 2.08 bits per heavy atom. The Morgan fingerprint density at radius 1 is 1.25 bits per heavy atom. The van der Waals surface area contributed by atoms with E-state index >= 15 is 0 Å². The number of hydrogen-bond acceptors (Lipinski definition) is 3. The number of pyridine rings is 1. The monoisotopic (exact) mass is 323 g/mol. The summed E-state index contributed by atoms with van der Waals surface area (Å²) in [5, 5.41) is 2.69. The molecule has 5 heteroatoms. The van der Waals surface area contributed by atoms with Gasteiger partial charge in [0.05, 0.1) is 12.1 Å². The zero-order valence-electron chi connectivity index (χ0n) is 13.7. The smallest absolute Gasteiger partial charge is 0.253 e. The average molecular weight is 323 g/mol. The number of fused-ring (bicyclic) bond motifs is 1. The molecule has 1 aromatic carbocycles. The van der Waals surface area contributed by atoms with Crippen molar-refractivity contribution in [1.82, 2.24) is 10.3 Å². The van der Waals surface area contributed by atoms with Crippen LogP contribution in [0.1, 0.15) is 41.6 Å². The summed E-state index contributed by atoms with van der Waals surface area (Å²) in [6, 6.07) is 11.4. The fraction of sp³-hybridized carbons (Fsp3) is 0.316. The van der Waals surface area contributed by atoms with Gasteiger partial charge in [-0.1, -0.05) is 25.1 Å². The number of hydrogen-bond donors (Lipinski definition) is 1. The molecule has 2 amide bonds. The molecule has 1 aliphatic rings. The minimum Gasteiger partial charge on any atom is -0.343 e.